The number of carbonyl (C=O) groups is 2. The largest absolute Gasteiger partial charge is 0.484 e. The first-order valence-electron chi connectivity index (χ1n) is 5.42. The van der Waals surface area contributed by atoms with E-state index in [-0.39, 0.29) is 25.6 Å². The lowest BCUT2D eigenvalue weighted by molar-refractivity contribution is -0.144. The second kappa shape index (κ2) is 7.11. The Morgan fingerprint density at radius 3 is 2.56 bits per heavy atom. The van der Waals surface area contributed by atoms with Crippen molar-refractivity contribution in [3.63, 3.8) is 0 Å². The average Bonchev–Trinajstić information content (AvgIpc) is 2.36. The molecular formula is C13H15NO4. The molecule has 0 bridgehead atoms. The number of hydrogen-bond donors (Lipinski definition) is 1. The molecule has 0 aliphatic rings. The fourth-order valence-electron chi connectivity index (χ4n) is 1.33. The van der Waals surface area contributed by atoms with Crippen LogP contribution in [0.15, 0.2) is 43.0 Å². The van der Waals surface area contributed by atoms with Gasteiger partial charge in [-0.1, -0.05) is 24.3 Å². The average molecular weight is 249 g/mol. The zero-order valence-electron chi connectivity index (χ0n) is 9.91. The van der Waals surface area contributed by atoms with Crippen LogP contribution in [-0.4, -0.2) is 41.6 Å². The molecule has 0 saturated carbocycles. The Morgan fingerprint density at radius 2 is 2.00 bits per heavy atom. The van der Waals surface area contributed by atoms with Crippen molar-refractivity contribution in [3.8, 4) is 5.75 Å². The number of aliphatic carboxylic acids is 1. The summed E-state index contributed by atoms with van der Waals surface area (Å²) in [4.78, 5) is 23.5. The Hall–Kier alpha value is -2.30. The molecule has 0 aliphatic heterocycles. The van der Waals surface area contributed by atoms with E-state index in [1.165, 1.54) is 6.08 Å². The van der Waals surface area contributed by atoms with E-state index >= 15 is 0 Å². The summed E-state index contributed by atoms with van der Waals surface area (Å²) >= 11 is 0. The third-order valence-corrected chi connectivity index (χ3v) is 2.13. The zero-order chi connectivity index (χ0) is 13.4. The molecule has 1 aromatic rings. The fourth-order valence-corrected chi connectivity index (χ4v) is 1.33. The molecule has 0 heterocycles. The van der Waals surface area contributed by atoms with Crippen LogP contribution in [0.3, 0.4) is 0 Å². The molecule has 5 nitrogen and oxygen atoms in total. The Balaban J connectivity index is 2.51. The molecular weight excluding hydrogens is 234 g/mol. The van der Waals surface area contributed by atoms with Crippen molar-refractivity contribution in [1.29, 1.82) is 0 Å². The van der Waals surface area contributed by atoms with E-state index in [2.05, 4.69) is 6.58 Å². The number of rotatable bonds is 7. The first-order chi connectivity index (χ1) is 8.63. The predicted octanol–water partition coefficient (Wildman–Crippen LogP) is 1.16. The van der Waals surface area contributed by atoms with Crippen molar-refractivity contribution in [2.24, 2.45) is 0 Å². The van der Waals surface area contributed by atoms with Crippen molar-refractivity contribution >= 4 is 11.9 Å². The molecule has 1 rings (SSSR count). The zero-order valence-corrected chi connectivity index (χ0v) is 9.91. The second-order valence-electron chi connectivity index (χ2n) is 3.56. The van der Waals surface area contributed by atoms with Crippen LogP contribution in [0, 0.1) is 0 Å². The first kappa shape index (κ1) is 13.8. The molecule has 0 saturated heterocycles. The second-order valence-corrected chi connectivity index (χ2v) is 3.56. The highest BCUT2D eigenvalue weighted by molar-refractivity contribution is 5.82. The lowest BCUT2D eigenvalue weighted by Gasteiger charge is -2.18. The molecule has 0 radical (unpaired) electrons. The minimum Gasteiger partial charge on any atom is -0.484 e. The summed E-state index contributed by atoms with van der Waals surface area (Å²) < 4.78 is 5.26. The van der Waals surface area contributed by atoms with Gasteiger partial charge in [-0.25, -0.2) is 0 Å². The minimum atomic E-state index is -1.06. The number of nitrogens with zero attached hydrogens (tertiary/aromatic N) is 1. The van der Waals surface area contributed by atoms with Crippen molar-refractivity contribution in [2.75, 3.05) is 19.7 Å². The molecule has 1 aromatic carbocycles. The number of carboxylic acids is 1. The maximum Gasteiger partial charge on any atom is 0.323 e. The van der Waals surface area contributed by atoms with E-state index in [1.807, 2.05) is 6.07 Å². The van der Waals surface area contributed by atoms with Gasteiger partial charge < -0.3 is 14.7 Å². The molecule has 96 valence electrons. The summed E-state index contributed by atoms with van der Waals surface area (Å²) in [5.41, 5.74) is 0. The number of ether oxygens (including phenoxy) is 1. The molecule has 0 aliphatic carbocycles. The summed E-state index contributed by atoms with van der Waals surface area (Å²) in [5, 5.41) is 8.68. The van der Waals surface area contributed by atoms with E-state index in [9.17, 15) is 9.59 Å². The van der Waals surface area contributed by atoms with Crippen molar-refractivity contribution < 1.29 is 19.4 Å². The van der Waals surface area contributed by atoms with Gasteiger partial charge in [0, 0.05) is 6.54 Å². The van der Waals surface area contributed by atoms with Gasteiger partial charge in [-0.3, -0.25) is 9.59 Å². The molecule has 0 aromatic heterocycles. The third kappa shape index (κ3) is 4.69. The molecule has 1 amide bonds. The topological polar surface area (TPSA) is 66.8 Å². The van der Waals surface area contributed by atoms with Gasteiger partial charge in [-0.2, -0.15) is 0 Å². The maximum atomic E-state index is 11.7. The Morgan fingerprint density at radius 1 is 1.33 bits per heavy atom. The van der Waals surface area contributed by atoms with Crippen LogP contribution < -0.4 is 4.74 Å². The Kier molecular flexibility index (Phi) is 5.44. The highest BCUT2D eigenvalue weighted by atomic mass is 16.5. The lowest BCUT2D eigenvalue weighted by atomic mass is 10.3. The van der Waals surface area contributed by atoms with Crippen LogP contribution in [0.1, 0.15) is 0 Å². The van der Waals surface area contributed by atoms with E-state index in [0.717, 1.165) is 4.90 Å². The highest BCUT2D eigenvalue weighted by Crippen LogP contribution is 2.08. The quantitative estimate of drug-likeness (QED) is 0.736. The van der Waals surface area contributed by atoms with Crippen LogP contribution >= 0.6 is 0 Å². The number of para-hydroxylation sites is 1. The van der Waals surface area contributed by atoms with Crippen LogP contribution in [-0.2, 0) is 9.59 Å². The smallest absolute Gasteiger partial charge is 0.323 e. The van der Waals surface area contributed by atoms with E-state index in [4.69, 9.17) is 9.84 Å². The third-order valence-electron chi connectivity index (χ3n) is 2.13. The molecule has 18 heavy (non-hydrogen) atoms. The van der Waals surface area contributed by atoms with Crippen LogP contribution in [0.4, 0.5) is 0 Å². The van der Waals surface area contributed by atoms with Gasteiger partial charge in [-0.15, -0.1) is 6.58 Å². The monoisotopic (exact) mass is 249 g/mol. The summed E-state index contributed by atoms with van der Waals surface area (Å²) in [6, 6.07) is 8.87. The van der Waals surface area contributed by atoms with Crippen molar-refractivity contribution in [2.45, 2.75) is 0 Å². The van der Waals surface area contributed by atoms with Gasteiger partial charge in [0.25, 0.3) is 5.91 Å². The number of hydrogen-bond acceptors (Lipinski definition) is 3. The van der Waals surface area contributed by atoms with Gasteiger partial charge in [0.2, 0.25) is 0 Å². The van der Waals surface area contributed by atoms with Gasteiger partial charge in [-0.05, 0) is 12.1 Å². The van der Waals surface area contributed by atoms with Crippen molar-refractivity contribution in [3.05, 3.63) is 43.0 Å². The molecule has 5 heteroatoms. The number of carbonyl (C=O) groups excluding carboxylic acids is 1. The van der Waals surface area contributed by atoms with Crippen LogP contribution in [0.2, 0.25) is 0 Å². The first-order valence-corrected chi connectivity index (χ1v) is 5.42. The molecule has 0 spiro atoms. The summed E-state index contributed by atoms with van der Waals surface area (Å²) in [7, 11) is 0. The number of carboxylic acid groups (broad SMARTS) is 1. The molecule has 1 N–H and O–H groups in total. The van der Waals surface area contributed by atoms with Gasteiger partial charge >= 0.3 is 5.97 Å². The van der Waals surface area contributed by atoms with Crippen LogP contribution in [0.25, 0.3) is 0 Å². The highest BCUT2D eigenvalue weighted by Gasteiger charge is 2.15. The summed E-state index contributed by atoms with van der Waals surface area (Å²) in [6.07, 6.45) is 1.48. The van der Waals surface area contributed by atoms with Gasteiger partial charge in [0.05, 0.1) is 0 Å². The predicted molar refractivity (Wildman–Crippen MR) is 66.3 cm³/mol. The normalized spacial score (nSPS) is 9.56. The Labute approximate surface area is 105 Å². The minimum absolute atomic E-state index is 0.184. The summed E-state index contributed by atoms with van der Waals surface area (Å²) in [5.74, 6) is -0.884. The van der Waals surface area contributed by atoms with Crippen LogP contribution in [0.5, 0.6) is 5.75 Å². The standard InChI is InChI=1S/C13H15NO4/c1-2-8-14(9-13(16)17)12(15)10-18-11-6-4-3-5-7-11/h2-7H,1,8-10H2,(H,16,17). The molecule has 0 fully saturated rings. The molecule has 0 atom stereocenters. The van der Waals surface area contributed by atoms with Gasteiger partial charge in [0.15, 0.2) is 6.61 Å². The van der Waals surface area contributed by atoms with E-state index in [1.54, 1.807) is 24.3 Å². The lowest BCUT2D eigenvalue weighted by Crippen LogP contribution is -2.38. The molecule has 0 unspecified atom stereocenters. The number of amides is 1. The summed E-state index contributed by atoms with van der Waals surface area (Å²) in [6.45, 7) is 3.12. The van der Waals surface area contributed by atoms with Crippen molar-refractivity contribution in [1.82, 2.24) is 4.90 Å². The van der Waals surface area contributed by atoms with E-state index in [0.29, 0.717) is 5.75 Å². The fraction of sp³-hybridized carbons (Fsp3) is 0.231. The van der Waals surface area contributed by atoms with Gasteiger partial charge in [0.1, 0.15) is 12.3 Å². The maximum absolute atomic E-state index is 11.7. The SMILES string of the molecule is C=CCN(CC(=O)O)C(=O)COc1ccccc1. The van der Waals surface area contributed by atoms with E-state index < -0.39 is 5.97 Å². The Bertz CT molecular complexity index is 416. The number of benzene rings is 1.